The lowest BCUT2D eigenvalue weighted by Gasteiger charge is -2.14. The first kappa shape index (κ1) is 17.6. The highest BCUT2D eigenvalue weighted by atomic mass is 16.5. The lowest BCUT2D eigenvalue weighted by Crippen LogP contribution is -2.04. The average molecular weight is 363 g/mol. The van der Waals surface area contributed by atoms with Crippen LogP contribution in [0.25, 0.3) is 28.1 Å². The summed E-state index contributed by atoms with van der Waals surface area (Å²) in [6, 6.07) is 10.0. The molecule has 0 atom stereocenters. The number of aryl methyl sites for hydroxylation is 2. The van der Waals surface area contributed by atoms with Crippen LogP contribution in [-0.2, 0) is 0 Å². The van der Waals surface area contributed by atoms with E-state index in [1.54, 1.807) is 7.11 Å². The third kappa shape index (κ3) is 2.87. The van der Waals surface area contributed by atoms with Crippen LogP contribution in [0.3, 0.4) is 0 Å². The lowest BCUT2D eigenvalue weighted by atomic mass is 9.95. The predicted octanol–water partition coefficient (Wildman–Crippen LogP) is 5.67. The highest BCUT2D eigenvalue weighted by molar-refractivity contribution is 5.84. The van der Waals surface area contributed by atoms with Crippen molar-refractivity contribution >= 4 is 16.6 Å². The number of furan rings is 1. The number of imidazole rings is 1. The Labute approximate surface area is 159 Å². The van der Waals surface area contributed by atoms with Crippen molar-refractivity contribution in [1.29, 1.82) is 0 Å². The van der Waals surface area contributed by atoms with E-state index >= 15 is 0 Å². The molecule has 0 aliphatic carbocycles. The van der Waals surface area contributed by atoms with Gasteiger partial charge in [0, 0.05) is 10.9 Å². The van der Waals surface area contributed by atoms with E-state index in [0.717, 1.165) is 58.0 Å². The van der Waals surface area contributed by atoms with Crippen LogP contribution in [0.4, 0.5) is 0 Å². The van der Waals surface area contributed by atoms with Crippen molar-refractivity contribution in [2.45, 2.75) is 46.5 Å². The smallest absolute Gasteiger partial charge is 0.158 e. The summed E-state index contributed by atoms with van der Waals surface area (Å²) >= 11 is 0. The van der Waals surface area contributed by atoms with Crippen LogP contribution in [0.5, 0.6) is 5.75 Å². The van der Waals surface area contributed by atoms with Gasteiger partial charge in [-0.15, -0.1) is 0 Å². The highest BCUT2D eigenvalue weighted by Gasteiger charge is 2.21. The van der Waals surface area contributed by atoms with Crippen LogP contribution in [0.1, 0.15) is 49.6 Å². The van der Waals surface area contributed by atoms with Gasteiger partial charge in [0.25, 0.3) is 0 Å². The zero-order valence-corrected chi connectivity index (χ0v) is 16.5. The number of hydrogen-bond acceptors (Lipinski definition) is 4. The molecule has 5 nitrogen and oxygen atoms in total. The molecule has 0 aliphatic heterocycles. The molecular formula is C22H25N3O2. The van der Waals surface area contributed by atoms with E-state index in [0.29, 0.717) is 5.92 Å². The van der Waals surface area contributed by atoms with E-state index in [2.05, 4.69) is 19.9 Å². The van der Waals surface area contributed by atoms with Gasteiger partial charge in [0.15, 0.2) is 11.4 Å². The van der Waals surface area contributed by atoms with Gasteiger partial charge in [-0.05, 0) is 62.9 Å². The second-order valence-corrected chi connectivity index (χ2v) is 7.05. The minimum absolute atomic E-state index is 0.476. The summed E-state index contributed by atoms with van der Waals surface area (Å²) in [7, 11) is 1.67. The third-order valence-corrected chi connectivity index (χ3v) is 5.29. The highest BCUT2D eigenvalue weighted by Crippen LogP contribution is 2.34. The summed E-state index contributed by atoms with van der Waals surface area (Å²) in [6.45, 7) is 8.51. The van der Waals surface area contributed by atoms with E-state index in [-0.39, 0.29) is 0 Å². The Morgan fingerprint density at radius 3 is 2.59 bits per heavy atom. The molecule has 27 heavy (non-hydrogen) atoms. The number of rotatable bonds is 5. The van der Waals surface area contributed by atoms with Gasteiger partial charge in [0.2, 0.25) is 0 Å². The fourth-order valence-electron chi connectivity index (χ4n) is 3.86. The van der Waals surface area contributed by atoms with Crippen LogP contribution >= 0.6 is 0 Å². The molecule has 0 spiro atoms. The molecule has 0 fully saturated rings. The summed E-state index contributed by atoms with van der Waals surface area (Å²) in [5, 5.41) is 5.76. The summed E-state index contributed by atoms with van der Waals surface area (Å²) in [5.74, 6) is 2.07. The quantitative estimate of drug-likeness (QED) is 0.458. The molecule has 5 heteroatoms. The maximum absolute atomic E-state index is 6.14. The molecule has 0 saturated carbocycles. The van der Waals surface area contributed by atoms with Gasteiger partial charge in [-0.25, -0.2) is 9.50 Å². The number of ether oxygens (including phenoxy) is 1. The van der Waals surface area contributed by atoms with Crippen LogP contribution in [0, 0.1) is 13.8 Å². The summed E-state index contributed by atoms with van der Waals surface area (Å²) in [6.07, 6.45) is 2.17. The predicted molar refractivity (Wildman–Crippen MR) is 108 cm³/mol. The molecule has 0 bridgehead atoms. The van der Waals surface area contributed by atoms with Crippen LogP contribution in [0.15, 0.2) is 34.7 Å². The molecule has 4 rings (SSSR count). The minimum atomic E-state index is 0.476. The maximum atomic E-state index is 6.14. The second kappa shape index (κ2) is 6.72. The molecule has 0 radical (unpaired) electrons. The van der Waals surface area contributed by atoms with Gasteiger partial charge in [-0.2, -0.15) is 5.10 Å². The largest absolute Gasteiger partial charge is 0.497 e. The first-order valence-electron chi connectivity index (χ1n) is 9.50. The maximum Gasteiger partial charge on any atom is 0.158 e. The van der Waals surface area contributed by atoms with E-state index in [9.17, 15) is 0 Å². The molecule has 3 aromatic heterocycles. The number of benzene rings is 1. The van der Waals surface area contributed by atoms with Crippen molar-refractivity contribution in [2.75, 3.05) is 7.11 Å². The molecule has 140 valence electrons. The molecule has 0 saturated heterocycles. The number of methoxy groups -OCH3 is 1. The van der Waals surface area contributed by atoms with Gasteiger partial charge in [0.05, 0.1) is 18.5 Å². The second-order valence-electron chi connectivity index (χ2n) is 7.05. The first-order chi connectivity index (χ1) is 13.0. The van der Waals surface area contributed by atoms with Crippen LogP contribution in [-0.4, -0.2) is 21.7 Å². The van der Waals surface area contributed by atoms with Crippen molar-refractivity contribution in [3.05, 3.63) is 47.3 Å². The van der Waals surface area contributed by atoms with E-state index < -0.39 is 0 Å². The van der Waals surface area contributed by atoms with Crippen molar-refractivity contribution in [1.82, 2.24) is 14.6 Å². The Morgan fingerprint density at radius 2 is 1.89 bits per heavy atom. The molecule has 0 unspecified atom stereocenters. The molecule has 3 heterocycles. The van der Waals surface area contributed by atoms with Crippen molar-refractivity contribution in [3.63, 3.8) is 0 Å². The van der Waals surface area contributed by atoms with Crippen LogP contribution < -0.4 is 4.74 Å². The van der Waals surface area contributed by atoms with Crippen molar-refractivity contribution in [2.24, 2.45) is 0 Å². The number of nitrogens with zero attached hydrogens (tertiary/aromatic N) is 3. The van der Waals surface area contributed by atoms with Gasteiger partial charge in [-0.1, -0.05) is 13.8 Å². The van der Waals surface area contributed by atoms with Gasteiger partial charge in [0.1, 0.15) is 17.0 Å². The topological polar surface area (TPSA) is 52.6 Å². The number of fused-ring (bicyclic) bond motifs is 2. The van der Waals surface area contributed by atoms with E-state index in [1.165, 1.54) is 5.56 Å². The number of aromatic nitrogens is 3. The Morgan fingerprint density at radius 1 is 1.11 bits per heavy atom. The van der Waals surface area contributed by atoms with Crippen molar-refractivity contribution in [3.8, 4) is 17.2 Å². The lowest BCUT2D eigenvalue weighted by molar-refractivity contribution is 0.415. The van der Waals surface area contributed by atoms with Gasteiger partial charge in [-0.3, -0.25) is 0 Å². The Balaban J connectivity index is 1.96. The van der Waals surface area contributed by atoms with Crippen molar-refractivity contribution < 1.29 is 9.15 Å². The summed E-state index contributed by atoms with van der Waals surface area (Å²) in [4.78, 5) is 4.87. The Hall–Kier alpha value is -2.82. The fraction of sp³-hybridized carbons (Fsp3) is 0.364. The molecule has 0 amide bonds. The first-order valence-corrected chi connectivity index (χ1v) is 9.50. The molecular weight excluding hydrogens is 338 g/mol. The summed E-state index contributed by atoms with van der Waals surface area (Å²) < 4.78 is 13.4. The zero-order chi connectivity index (χ0) is 19.1. The fourth-order valence-corrected chi connectivity index (χ4v) is 3.86. The molecule has 0 N–H and O–H groups in total. The molecule has 1 aromatic carbocycles. The van der Waals surface area contributed by atoms with Gasteiger partial charge < -0.3 is 9.15 Å². The Bertz CT molecular complexity index is 1120. The van der Waals surface area contributed by atoms with Crippen LogP contribution in [0.2, 0.25) is 0 Å². The van der Waals surface area contributed by atoms with E-state index in [1.807, 2.05) is 42.6 Å². The summed E-state index contributed by atoms with van der Waals surface area (Å²) in [5.41, 5.74) is 5.84. The number of hydrogen-bond donors (Lipinski definition) is 0. The SMILES string of the molecule is CCC(CC)c1cc(C)nn2c(-c3cc4cc(OC)ccc4o3)c(C)nc12. The third-order valence-electron chi connectivity index (χ3n) is 5.29. The minimum Gasteiger partial charge on any atom is -0.497 e. The zero-order valence-electron chi connectivity index (χ0n) is 16.5. The normalized spacial score (nSPS) is 11.8. The Kier molecular flexibility index (Phi) is 4.38. The monoisotopic (exact) mass is 363 g/mol. The van der Waals surface area contributed by atoms with E-state index in [4.69, 9.17) is 19.2 Å². The standard InChI is InChI=1S/C22H25N3O2/c1-6-15(7-2)18-10-13(3)24-25-21(14(4)23-22(18)25)20-12-16-11-17(26-5)8-9-19(16)27-20/h8-12,15H,6-7H2,1-5H3. The molecule has 0 aliphatic rings. The van der Waals surface area contributed by atoms with Gasteiger partial charge >= 0.3 is 0 Å². The average Bonchev–Trinajstić information content (AvgIpc) is 3.21. The molecule has 4 aromatic rings.